The van der Waals surface area contributed by atoms with Crippen LogP contribution in [0.25, 0.3) is 0 Å². The van der Waals surface area contributed by atoms with Crippen molar-refractivity contribution >= 4 is 87.6 Å². The van der Waals surface area contributed by atoms with Gasteiger partial charge in [0.2, 0.25) is 29.5 Å². The average Bonchev–Trinajstić information content (AvgIpc) is 4.30. The molecular weight excluding hydrogens is 1090 g/mol. The number of aryl methyl sites for hydroxylation is 6. The number of nitrogens with one attached hydrogen (secondary N) is 10. The number of hydrogen-bond acceptors (Lipinski definition) is 14. The SMILES string of the molecule is CN(CCCN)CCCNC(=O)CCNC(=O)c1cc(NC(=O)c2cc(NC(=O)CCNC(=O)c3cc(NC(=O)CCCNC(=O)c4cc(NC(=O)CCNC(=O)c5nc(NC(=O)c6nccn6C)cn5C)cn4C)cn3C)cn2C)cn1C. The zero-order chi connectivity index (χ0) is 61.0. The maximum Gasteiger partial charge on any atom is 0.292 e. The Morgan fingerprint density at radius 3 is 1.35 bits per heavy atom. The summed E-state index contributed by atoms with van der Waals surface area (Å²) in [6.45, 7) is 3.13. The first kappa shape index (κ1) is 63.3. The van der Waals surface area contributed by atoms with Crippen LogP contribution in [-0.2, 0) is 61.5 Å². The lowest BCUT2D eigenvalue weighted by Gasteiger charge is -2.15. The van der Waals surface area contributed by atoms with Gasteiger partial charge in [-0.25, -0.2) is 9.97 Å². The highest BCUT2D eigenvalue weighted by Gasteiger charge is 2.21. The van der Waals surface area contributed by atoms with E-state index in [0.29, 0.717) is 35.8 Å². The predicted octanol–water partition coefficient (Wildman–Crippen LogP) is 0.585. The van der Waals surface area contributed by atoms with Crippen molar-refractivity contribution in [2.45, 2.75) is 44.9 Å². The van der Waals surface area contributed by atoms with Gasteiger partial charge in [-0.1, -0.05) is 0 Å². The van der Waals surface area contributed by atoms with Gasteiger partial charge in [0, 0.05) is 144 Å². The highest BCUT2D eigenvalue weighted by molar-refractivity contribution is 6.06. The van der Waals surface area contributed by atoms with Gasteiger partial charge in [0.05, 0.1) is 22.7 Å². The first-order chi connectivity index (χ1) is 40.1. The first-order valence-corrected chi connectivity index (χ1v) is 27.1. The van der Waals surface area contributed by atoms with E-state index < -0.39 is 47.3 Å². The summed E-state index contributed by atoms with van der Waals surface area (Å²) in [5.74, 6) is -3.96. The standard InChI is InChI=1S/C54H74N20O10/c1-68(22-9-15-55)23-10-17-56-43(75)12-18-59-51(81)40-28-37(32-72(40)5)65-52(82)41-27-36(31-73(41)6)64-45(77)13-19-60-50(80)39-25-34(29-71(39)4)62-44(76)11-8-16-58-49(79)38-26-35(30-70(38)3)63-46(78)14-20-61-53(83)48-66-42(33-74(48)7)67-54(84)47-57-21-24-69(47)2/h21,24-33H,8-20,22-23,55H2,1-7H3,(H,56,75)(H,58,79)(H,59,81)(H,60,80)(H,61,83)(H,62,76)(H,63,78)(H,64,77)(H,65,82)(H,67,84). The first-order valence-electron chi connectivity index (χ1n) is 27.1. The van der Waals surface area contributed by atoms with Crippen LogP contribution in [0.4, 0.5) is 28.6 Å². The quantitative estimate of drug-likeness (QED) is 0.0266. The van der Waals surface area contributed by atoms with E-state index in [1.165, 1.54) is 59.5 Å². The minimum Gasteiger partial charge on any atom is -0.356 e. The Balaban J connectivity index is 0.835. The van der Waals surface area contributed by atoms with Crippen molar-refractivity contribution in [2.24, 2.45) is 48.0 Å². The predicted molar refractivity (Wildman–Crippen MR) is 311 cm³/mol. The number of nitrogens with two attached hydrogens (primary N) is 1. The van der Waals surface area contributed by atoms with Crippen molar-refractivity contribution in [2.75, 3.05) is 86.0 Å². The fraction of sp³-hybridized carbons (Fsp3) is 0.407. The largest absolute Gasteiger partial charge is 0.356 e. The summed E-state index contributed by atoms with van der Waals surface area (Å²) in [6, 6.07) is 5.98. The molecule has 0 radical (unpaired) electrons. The summed E-state index contributed by atoms with van der Waals surface area (Å²) >= 11 is 0. The van der Waals surface area contributed by atoms with Crippen LogP contribution < -0.4 is 58.9 Å². The fourth-order valence-electron chi connectivity index (χ4n) is 8.60. The molecule has 0 aliphatic rings. The van der Waals surface area contributed by atoms with Crippen LogP contribution in [0.1, 0.15) is 108 Å². The van der Waals surface area contributed by atoms with Crippen molar-refractivity contribution in [1.82, 2.24) is 68.9 Å². The molecule has 30 heteroatoms. The Morgan fingerprint density at radius 1 is 0.429 bits per heavy atom. The molecular formula is C54H74N20O10. The number of carbonyl (C=O) groups is 10. The normalized spacial score (nSPS) is 11.0. The van der Waals surface area contributed by atoms with Crippen molar-refractivity contribution in [3.8, 4) is 0 Å². The third-order valence-electron chi connectivity index (χ3n) is 13.0. The molecule has 6 rings (SSSR count). The van der Waals surface area contributed by atoms with Crippen molar-refractivity contribution in [3.05, 3.63) is 102 Å². The summed E-state index contributed by atoms with van der Waals surface area (Å²) in [6.07, 6.45) is 12.8. The minimum atomic E-state index is -0.561. The van der Waals surface area contributed by atoms with Crippen molar-refractivity contribution in [3.63, 3.8) is 0 Å². The van der Waals surface area contributed by atoms with E-state index in [4.69, 9.17) is 5.73 Å². The van der Waals surface area contributed by atoms with E-state index in [2.05, 4.69) is 68.0 Å². The summed E-state index contributed by atoms with van der Waals surface area (Å²) in [7, 11) is 11.8. The van der Waals surface area contributed by atoms with E-state index in [-0.39, 0.29) is 110 Å². The molecule has 0 fully saturated rings. The van der Waals surface area contributed by atoms with Crippen LogP contribution in [-0.4, -0.2) is 161 Å². The lowest BCUT2D eigenvalue weighted by molar-refractivity contribution is -0.121. The second-order valence-corrected chi connectivity index (χ2v) is 19.9. The van der Waals surface area contributed by atoms with E-state index in [1.54, 1.807) is 77.8 Å². The summed E-state index contributed by atoms with van der Waals surface area (Å²) in [5.41, 5.74) is 7.92. The van der Waals surface area contributed by atoms with Gasteiger partial charge in [0.1, 0.15) is 22.8 Å². The second kappa shape index (κ2) is 30.3. The zero-order valence-corrected chi connectivity index (χ0v) is 48.1. The van der Waals surface area contributed by atoms with E-state index in [0.717, 1.165) is 25.9 Å². The fourth-order valence-corrected chi connectivity index (χ4v) is 8.60. The molecule has 0 aromatic carbocycles. The Kier molecular flexibility index (Phi) is 22.8. The van der Waals surface area contributed by atoms with Crippen LogP contribution in [0.2, 0.25) is 0 Å². The number of hydrogen-bond donors (Lipinski definition) is 11. The Labute approximate surface area is 484 Å². The van der Waals surface area contributed by atoms with Crippen LogP contribution in [0.3, 0.4) is 0 Å². The molecule has 12 N–H and O–H groups in total. The minimum absolute atomic E-state index is 0.0131. The molecule has 450 valence electrons. The molecule has 0 saturated carbocycles. The molecule has 30 nitrogen and oxygen atoms in total. The molecule has 0 spiro atoms. The summed E-state index contributed by atoms with van der Waals surface area (Å²) in [4.78, 5) is 139. The summed E-state index contributed by atoms with van der Waals surface area (Å²) < 4.78 is 9.11. The molecule has 10 amide bonds. The summed E-state index contributed by atoms with van der Waals surface area (Å²) in [5, 5.41) is 27.2. The number of imidazole rings is 2. The van der Waals surface area contributed by atoms with Gasteiger partial charge < -0.3 is 91.2 Å². The molecule has 0 saturated heterocycles. The lowest BCUT2D eigenvalue weighted by Crippen LogP contribution is -2.33. The molecule has 6 aromatic heterocycles. The van der Waals surface area contributed by atoms with Gasteiger partial charge in [0.15, 0.2) is 11.6 Å². The highest BCUT2D eigenvalue weighted by atomic mass is 16.2. The van der Waals surface area contributed by atoms with Crippen molar-refractivity contribution < 1.29 is 47.9 Å². The Hall–Kier alpha value is -9.84. The number of carbonyl (C=O) groups excluding carboxylic acids is 10. The number of anilines is 5. The molecule has 0 bridgehead atoms. The maximum absolute atomic E-state index is 13.3. The number of nitrogens with zero attached hydrogens (tertiary/aromatic N) is 9. The van der Waals surface area contributed by atoms with E-state index in [1.807, 2.05) is 7.05 Å². The van der Waals surface area contributed by atoms with Gasteiger partial charge >= 0.3 is 0 Å². The topological polar surface area (TPSA) is 376 Å². The number of aromatic nitrogens is 8. The third kappa shape index (κ3) is 18.6. The molecule has 0 aliphatic heterocycles. The van der Waals surface area contributed by atoms with Crippen LogP contribution >= 0.6 is 0 Å². The second-order valence-electron chi connectivity index (χ2n) is 19.9. The van der Waals surface area contributed by atoms with Crippen LogP contribution in [0, 0.1) is 0 Å². The molecule has 84 heavy (non-hydrogen) atoms. The number of amides is 10. The Morgan fingerprint density at radius 2 is 0.857 bits per heavy atom. The average molecular weight is 1160 g/mol. The van der Waals surface area contributed by atoms with Gasteiger partial charge in [0.25, 0.3) is 35.4 Å². The van der Waals surface area contributed by atoms with E-state index >= 15 is 0 Å². The number of rotatable bonds is 31. The monoisotopic (exact) mass is 1160 g/mol. The molecule has 6 aromatic rings. The lowest BCUT2D eigenvalue weighted by atomic mass is 10.2. The van der Waals surface area contributed by atoms with Gasteiger partial charge in [-0.3, -0.25) is 47.9 Å². The van der Waals surface area contributed by atoms with Gasteiger partial charge in [-0.05, 0) is 70.2 Å². The molecule has 0 aliphatic carbocycles. The van der Waals surface area contributed by atoms with Gasteiger partial charge in [-0.15, -0.1) is 0 Å². The third-order valence-corrected chi connectivity index (χ3v) is 13.0. The Bertz CT molecular complexity index is 3360. The molecule has 6 heterocycles. The van der Waals surface area contributed by atoms with Gasteiger partial charge in [-0.2, -0.15) is 0 Å². The smallest absolute Gasteiger partial charge is 0.292 e. The zero-order valence-electron chi connectivity index (χ0n) is 48.1. The van der Waals surface area contributed by atoms with Crippen LogP contribution in [0.5, 0.6) is 0 Å². The molecule has 0 unspecified atom stereocenters. The highest BCUT2D eigenvalue weighted by Crippen LogP contribution is 2.19. The van der Waals surface area contributed by atoms with E-state index in [9.17, 15) is 47.9 Å². The molecule has 0 atom stereocenters. The van der Waals surface area contributed by atoms with Crippen molar-refractivity contribution in [1.29, 1.82) is 0 Å². The van der Waals surface area contributed by atoms with Crippen LogP contribution in [0.15, 0.2) is 67.6 Å². The maximum atomic E-state index is 13.3.